The third-order valence-electron chi connectivity index (χ3n) is 4.80. The van der Waals surface area contributed by atoms with Gasteiger partial charge in [-0.3, -0.25) is 9.36 Å². The highest BCUT2D eigenvalue weighted by molar-refractivity contribution is 5.98. The Morgan fingerprint density at radius 1 is 1.30 bits per heavy atom. The van der Waals surface area contributed by atoms with E-state index in [1.807, 2.05) is 12.1 Å². The number of amides is 1. The molecule has 0 aliphatic heterocycles. The van der Waals surface area contributed by atoms with Gasteiger partial charge in [-0.05, 0) is 56.6 Å². The van der Waals surface area contributed by atoms with Gasteiger partial charge >= 0.3 is 0 Å². The molecule has 0 saturated heterocycles. The Kier molecular flexibility index (Phi) is 3.26. The number of aromatic nitrogens is 1. The molecule has 0 radical (unpaired) electrons. The molecule has 1 amide bonds. The number of furan rings is 1. The molecule has 2 heterocycles. The summed E-state index contributed by atoms with van der Waals surface area (Å²) in [6, 6.07) is 6.12. The number of hydrogen-bond donors (Lipinski definition) is 1. The Bertz CT molecular complexity index is 762. The van der Waals surface area contributed by atoms with Crippen LogP contribution in [-0.2, 0) is 0 Å². The van der Waals surface area contributed by atoms with Crippen molar-refractivity contribution in [3.05, 3.63) is 41.4 Å². The van der Waals surface area contributed by atoms with E-state index in [0.29, 0.717) is 34.6 Å². The van der Waals surface area contributed by atoms with Gasteiger partial charge in [0.2, 0.25) is 5.88 Å². The molecule has 0 spiro atoms. The number of hydrogen-bond acceptors (Lipinski definition) is 3. The van der Waals surface area contributed by atoms with Gasteiger partial charge in [0.05, 0.1) is 0 Å². The molecular formula is C18H19N3O2. The summed E-state index contributed by atoms with van der Waals surface area (Å²) >= 11 is 0. The summed E-state index contributed by atoms with van der Waals surface area (Å²) in [6.45, 7) is 1.74. The first kappa shape index (κ1) is 14.1. The minimum absolute atomic E-state index is 0.176. The molecule has 2 aliphatic rings. The van der Waals surface area contributed by atoms with Crippen LogP contribution in [0.3, 0.4) is 0 Å². The zero-order chi connectivity index (χ0) is 16.0. The first-order chi connectivity index (χ1) is 11.2. The molecule has 0 bridgehead atoms. The van der Waals surface area contributed by atoms with E-state index in [4.69, 9.17) is 4.42 Å². The molecule has 4 rings (SSSR count). The van der Waals surface area contributed by atoms with Crippen molar-refractivity contribution in [3.8, 4) is 12.0 Å². The fourth-order valence-electron chi connectivity index (χ4n) is 3.31. The van der Waals surface area contributed by atoms with Crippen LogP contribution in [0.2, 0.25) is 0 Å². The van der Waals surface area contributed by atoms with Crippen molar-refractivity contribution in [1.82, 2.24) is 9.88 Å². The second kappa shape index (κ2) is 5.31. The minimum atomic E-state index is -0.176. The maximum absolute atomic E-state index is 12.8. The van der Waals surface area contributed by atoms with Gasteiger partial charge in [-0.1, -0.05) is 0 Å². The monoisotopic (exact) mass is 309 g/mol. The number of aryl methyl sites for hydroxylation is 1. The van der Waals surface area contributed by atoms with Crippen molar-refractivity contribution >= 4 is 5.91 Å². The SMILES string of the molecule is Cc1oc(-n2cccc2)c(C#N)c1C(=O)NC(C1CC1)C1CC1. The molecule has 0 atom stereocenters. The van der Waals surface area contributed by atoms with E-state index in [1.54, 1.807) is 23.9 Å². The summed E-state index contributed by atoms with van der Waals surface area (Å²) in [5.74, 6) is 1.97. The first-order valence-electron chi connectivity index (χ1n) is 8.16. The van der Waals surface area contributed by atoms with Crippen molar-refractivity contribution in [3.63, 3.8) is 0 Å². The lowest BCUT2D eigenvalue weighted by Gasteiger charge is -2.17. The van der Waals surface area contributed by atoms with Gasteiger partial charge in [-0.2, -0.15) is 5.26 Å². The molecule has 2 aromatic rings. The third kappa shape index (κ3) is 2.55. The summed E-state index contributed by atoms with van der Waals surface area (Å²) in [7, 11) is 0. The van der Waals surface area contributed by atoms with Crippen LogP contribution in [-0.4, -0.2) is 16.5 Å². The second-order valence-electron chi connectivity index (χ2n) is 6.59. The quantitative estimate of drug-likeness (QED) is 0.922. The molecule has 118 valence electrons. The maximum atomic E-state index is 12.8. The number of rotatable bonds is 5. The van der Waals surface area contributed by atoms with Gasteiger partial charge in [0.15, 0.2) is 0 Å². The van der Waals surface area contributed by atoms with E-state index >= 15 is 0 Å². The molecule has 5 nitrogen and oxygen atoms in total. The Hall–Kier alpha value is -2.48. The van der Waals surface area contributed by atoms with Crippen LogP contribution in [0.4, 0.5) is 0 Å². The summed E-state index contributed by atoms with van der Waals surface area (Å²) in [6.07, 6.45) is 8.41. The lowest BCUT2D eigenvalue weighted by Crippen LogP contribution is -2.38. The Labute approximate surface area is 134 Å². The average Bonchev–Trinajstić information content (AvgIpc) is 3.46. The average molecular weight is 309 g/mol. The van der Waals surface area contributed by atoms with E-state index in [1.165, 1.54) is 25.7 Å². The Morgan fingerprint density at radius 2 is 1.91 bits per heavy atom. The van der Waals surface area contributed by atoms with Crippen LogP contribution in [0.25, 0.3) is 5.88 Å². The van der Waals surface area contributed by atoms with Gasteiger partial charge in [0.1, 0.15) is 23.0 Å². The van der Waals surface area contributed by atoms with E-state index < -0.39 is 0 Å². The van der Waals surface area contributed by atoms with E-state index in [2.05, 4.69) is 11.4 Å². The van der Waals surface area contributed by atoms with Crippen LogP contribution in [0.15, 0.2) is 28.9 Å². The smallest absolute Gasteiger partial charge is 0.256 e. The number of carbonyl (C=O) groups is 1. The first-order valence-corrected chi connectivity index (χ1v) is 8.16. The van der Waals surface area contributed by atoms with E-state index in [0.717, 1.165) is 0 Å². The van der Waals surface area contributed by atoms with Gasteiger partial charge in [-0.25, -0.2) is 0 Å². The summed E-state index contributed by atoms with van der Waals surface area (Å²) in [5.41, 5.74) is 0.684. The van der Waals surface area contributed by atoms with E-state index in [-0.39, 0.29) is 11.9 Å². The van der Waals surface area contributed by atoms with Crippen molar-refractivity contribution in [2.75, 3.05) is 0 Å². The van der Waals surface area contributed by atoms with Crippen molar-refractivity contribution in [2.24, 2.45) is 11.8 Å². The topological polar surface area (TPSA) is 71.0 Å². The van der Waals surface area contributed by atoms with Gasteiger partial charge in [0, 0.05) is 18.4 Å². The highest BCUT2D eigenvalue weighted by Gasteiger charge is 2.42. The number of nitrogens with one attached hydrogen (secondary N) is 1. The van der Waals surface area contributed by atoms with Crippen LogP contribution in [0.1, 0.15) is 47.4 Å². The lowest BCUT2D eigenvalue weighted by molar-refractivity contribution is 0.0924. The fourth-order valence-corrected chi connectivity index (χ4v) is 3.31. The molecule has 2 aliphatic carbocycles. The zero-order valence-electron chi connectivity index (χ0n) is 13.1. The zero-order valence-corrected chi connectivity index (χ0v) is 13.1. The molecule has 2 saturated carbocycles. The largest absolute Gasteiger partial charge is 0.443 e. The van der Waals surface area contributed by atoms with Gasteiger partial charge < -0.3 is 9.73 Å². The Balaban J connectivity index is 1.65. The molecule has 1 N–H and O–H groups in total. The second-order valence-corrected chi connectivity index (χ2v) is 6.59. The maximum Gasteiger partial charge on any atom is 0.256 e. The number of nitrogens with zero attached hydrogens (tertiary/aromatic N) is 2. The summed E-state index contributed by atoms with van der Waals surface area (Å²) in [4.78, 5) is 12.8. The van der Waals surface area contributed by atoms with Crippen molar-refractivity contribution in [2.45, 2.75) is 38.6 Å². The standard InChI is InChI=1S/C18H19N3O2/c1-11-15(14(10-19)18(23-11)21-8-2-3-9-21)17(22)20-16(12-4-5-12)13-6-7-13/h2-3,8-9,12-13,16H,4-7H2,1H3,(H,20,22). The highest BCUT2D eigenvalue weighted by Crippen LogP contribution is 2.44. The van der Waals surface area contributed by atoms with Crippen molar-refractivity contribution < 1.29 is 9.21 Å². The molecule has 5 heteroatoms. The molecule has 2 aromatic heterocycles. The van der Waals surface area contributed by atoms with Crippen LogP contribution < -0.4 is 5.32 Å². The molecule has 0 unspecified atom stereocenters. The Morgan fingerprint density at radius 3 is 2.43 bits per heavy atom. The predicted molar refractivity (Wildman–Crippen MR) is 84.2 cm³/mol. The normalized spacial score (nSPS) is 17.3. The molecule has 0 aromatic carbocycles. The third-order valence-corrected chi connectivity index (χ3v) is 4.80. The highest BCUT2D eigenvalue weighted by atomic mass is 16.4. The van der Waals surface area contributed by atoms with Crippen LogP contribution >= 0.6 is 0 Å². The van der Waals surface area contributed by atoms with E-state index in [9.17, 15) is 10.1 Å². The number of nitriles is 1. The predicted octanol–water partition coefficient (Wildman–Crippen LogP) is 3.17. The van der Waals surface area contributed by atoms with Gasteiger partial charge in [-0.15, -0.1) is 0 Å². The molecule has 2 fully saturated rings. The molecule has 23 heavy (non-hydrogen) atoms. The van der Waals surface area contributed by atoms with Crippen LogP contribution in [0.5, 0.6) is 0 Å². The number of carbonyl (C=O) groups excluding carboxylic acids is 1. The lowest BCUT2D eigenvalue weighted by atomic mass is 10.1. The van der Waals surface area contributed by atoms with Crippen LogP contribution in [0, 0.1) is 30.1 Å². The minimum Gasteiger partial charge on any atom is -0.443 e. The summed E-state index contributed by atoms with van der Waals surface area (Å²) < 4.78 is 7.44. The fraction of sp³-hybridized carbons (Fsp3) is 0.444. The van der Waals surface area contributed by atoms with Crippen molar-refractivity contribution in [1.29, 1.82) is 5.26 Å². The molecular weight excluding hydrogens is 290 g/mol. The summed E-state index contributed by atoms with van der Waals surface area (Å²) in [5, 5.41) is 12.7. The van der Waals surface area contributed by atoms with Gasteiger partial charge in [0.25, 0.3) is 5.91 Å².